The highest BCUT2D eigenvalue weighted by molar-refractivity contribution is 5.99. The van der Waals surface area contributed by atoms with E-state index < -0.39 is 0 Å². The van der Waals surface area contributed by atoms with Crippen LogP contribution in [0.25, 0.3) is 10.8 Å². The van der Waals surface area contributed by atoms with Gasteiger partial charge in [-0.05, 0) is 66.5 Å². The van der Waals surface area contributed by atoms with E-state index >= 15 is 0 Å². The third-order valence-electron chi connectivity index (χ3n) is 7.55. The van der Waals surface area contributed by atoms with E-state index in [1.54, 1.807) is 0 Å². The Kier molecular flexibility index (Phi) is 6.61. The number of carbonyl (C=O) groups excluding carboxylic acids is 2. The fourth-order valence-electron chi connectivity index (χ4n) is 5.52. The fraction of sp³-hybridized carbons (Fsp3) is 0.400. The van der Waals surface area contributed by atoms with Gasteiger partial charge in [0.15, 0.2) is 0 Å². The van der Waals surface area contributed by atoms with Gasteiger partial charge in [0, 0.05) is 48.6 Å². The Hall–Kier alpha value is -3.18. The van der Waals surface area contributed by atoms with Crippen molar-refractivity contribution in [3.05, 3.63) is 77.9 Å². The van der Waals surface area contributed by atoms with Crippen molar-refractivity contribution in [1.29, 1.82) is 0 Å². The van der Waals surface area contributed by atoms with Crippen LogP contribution >= 0.6 is 0 Å². The highest BCUT2D eigenvalue weighted by atomic mass is 16.2. The summed E-state index contributed by atoms with van der Waals surface area (Å²) in [6.07, 6.45) is 3.06. The average Bonchev–Trinajstić information content (AvgIpc) is 3.51. The average molecular weight is 470 g/mol. The van der Waals surface area contributed by atoms with Gasteiger partial charge >= 0.3 is 0 Å². The van der Waals surface area contributed by atoms with Crippen LogP contribution in [0.5, 0.6) is 0 Å². The Morgan fingerprint density at radius 1 is 0.971 bits per heavy atom. The lowest BCUT2D eigenvalue weighted by molar-refractivity contribution is -0.117. The van der Waals surface area contributed by atoms with Gasteiger partial charge in [-0.25, -0.2) is 0 Å². The van der Waals surface area contributed by atoms with Gasteiger partial charge in [-0.2, -0.15) is 0 Å². The quantitative estimate of drug-likeness (QED) is 0.530. The molecule has 1 N–H and O–H groups in total. The molecule has 0 bridgehead atoms. The molecule has 1 atom stereocenters. The smallest absolute Gasteiger partial charge is 0.251 e. The standard InChI is InChI=1S/C30H35N3O2/c1-30(2,21-32-15-5-6-16-32)26-11-13-27(14-12-26)33-20-22(17-28(33)34)19-31-29(35)25-10-9-23-7-3-4-8-24(23)18-25/h3-4,7-14,18,22H,5-6,15-17,19-21H2,1-2H3,(H,31,35). The number of amides is 2. The summed E-state index contributed by atoms with van der Waals surface area (Å²) < 4.78 is 0. The summed E-state index contributed by atoms with van der Waals surface area (Å²) in [6, 6.07) is 22.3. The van der Waals surface area contributed by atoms with E-state index in [4.69, 9.17) is 0 Å². The van der Waals surface area contributed by atoms with Crippen LogP contribution in [0, 0.1) is 5.92 Å². The third-order valence-corrected chi connectivity index (χ3v) is 7.55. The first-order valence-corrected chi connectivity index (χ1v) is 12.8. The maximum absolute atomic E-state index is 12.8. The zero-order chi connectivity index (χ0) is 24.4. The van der Waals surface area contributed by atoms with Gasteiger partial charge in [-0.3, -0.25) is 9.59 Å². The molecule has 5 rings (SSSR count). The maximum Gasteiger partial charge on any atom is 0.251 e. The van der Waals surface area contributed by atoms with Gasteiger partial charge in [0.2, 0.25) is 5.91 Å². The number of carbonyl (C=O) groups is 2. The van der Waals surface area contributed by atoms with E-state index in [1.807, 2.05) is 47.4 Å². The number of hydrogen-bond acceptors (Lipinski definition) is 3. The molecule has 3 aromatic rings. The first kappa shape index (κ1) is 23.6. The minimum absolute atomic E-state index is 0.0769. The van der Waals surface area contributed by atoms with Crippen LogP contribution < -0.4 is 10.2 Å². The molecule has 35 heavy (non-hydrogen) atoms. The van der Waals surface area contributed by atoms with Crippen molar-refractivity contribution in [2.24, 2.45) is 5.92 Å². The monoisotopic (exact) mass is 469 g/mol. The molecule has 5 nitrogen and oxygen atoms in total. The molecular formula is C30H35N3O2. The number of nitrogens with one attached hydrogen (secondary N) is 1. The van der Waals surface area contributed by atoms with Crippen LogP contribution in [-0.4, -0.2) is 49.4 Å². The summed E-state index contributed by atoms with van der Waals surface area (Å²) in [6.45, 7) is 9.19. The van der Waals surface area contributed by atoms with Crippen molar-refractivity contribution in [2.45, 2.75) is 38.5 Å². The number of benzene rings is 3. The second-order valence-corrected chi connectivity index (χ2v) is 10.8. The van der Waals surface area contributed by atoms with Gasteiger partial charge in [-0.15, -0.1) is 0 Å². The molecule has 2 heterocycles. The van der Waals surface area contributed by atoms with Crippen molar-refractivity contribution in [3.63, 3.8) is 0 Å². The molecule has 0 spiro atoms. The lowest BCUT2D eigenvalue weighted by Crippen LogP contribution is -2.35. The van der Waals surface area contributed by atoms with E-state index in [0.29, 0.717) is 25.1 Å². The van der Waals surface area contributed by atoms with E-state index in [9.17, 15) is 9.59 Å². The van der Waals surface area contributed by atoms with E-state index in [2.05, 4.69) is 48.3 Å². The third kappa shape index (κ3) is 5.25. The molecule has 0 aliphatic carbocycles. The van der Waals surface area contributed by atoms with Crippen molar-refractivity contribution >= 4 is 28.3 Å². The van der Waals surface area contributed by atoms with Gasteiger partial charge in [0.25, 0.3) is 5.91 Å². The molecule has 2 aliphatic rings. The van der Waals surface area contributed by atoms with E-state index in [-0.39, 0.29) is 23.1 Å². The Balaban J connectivity index is 1.18. The number of rotatable bonds is 7. The first-order valence-electron chi connectivity index (χ1n) is 12.8. The molecule has 2 aliphatic heterocycles. The summed E-state index contributed by atoms with van der Waals surface area (Å²) in [5, 5.41) is 5.21. The van der Waals surface area contributed by atoms with Crippen molar-refractivity contribution in [3.8, 4) is 0 Å². The summed E-state index contributed by atoms with van der Waals surface area (Å²) in [5.74, 6) is 0.142. The highest BCUT2D eigenvalue weighted by Crippen LogP contribution is 2.30. The lowest BCUT2D eigenvalue weighted by atomic mass is 9.84. The molecule has 182 valence electrons. The predicted octanol–water partition coefficient (Wildman–Crippen LogP) is 5.00. The van der Waals surface area contributed by atoms with Gasteiger partial charge < -0.3 is 15.1 Å². The van der Waals surface area contributed by atoms with Crippen LogP contribution in [0.15, 0.2) is 66.7 Å². The predicted molar refractivity (Wildman–Crippen MR) is 142 cm³/mol. The molecule has 0 aromatic heterocycles. The van der Waals surface area contributed by atoms with Gasteiger partial charge in [0.05, 0.1) is 0 Å². The molecular weight excluding hydrogens is 434 g/mol. The van der Waals surface area contributed by atoms with Crippen LogP contribution in [0.3, 0.4) is 0 Å². The molecule has 3 aromatic carbocycles. The molecule has 1 unspecified atom stereocenters. The topological polar surface area (TPSA) is 52.6 Å². The molecule has 0 radical (unpaired) electrons. The van der Waals surface area contributed by atoms with Crippen molar-refractivity contribution < 1.29 is 9.59 Å². The summed E-state index contributed by atoms with van der Waals surface area (Å²) in [4.78, 5) is 29.9. The van der Waals surface area contributed by atoms with Crippen LogP contribution in [0.2, 0.25) is 0 Å². The molecule has 2 saturated heterocycles. The number of anilines is 1. The van der Waals surface area contributed by atoms with Crippen LogP contribution in [0.4, 0.5) is 5.69 Å². The number of hydrogen-bond donors (Lipinski definition) is 1. The molecule has 2 fully saturated rings. The summed E-state index contributed by atoms with van der Waals surface area (Å²) in [5.41, 5.74) is 2.98. The Labute approximate surface area is 208 Å². The van der Waals surface area contributed by atoms with E-state index in [1.165, 1.54) is 31.5 Å². The summed E-state index contributed by atoms with van der Waals surface area (Å²) in [7, 11) is 0. The SMILES string of the molecule is CC(C)(CN1CCCC1)c1ccc(N2CC(CNC(=O)c3ccc4ccccc4c3)CC2=O)cc1. The number of fused-ring (bicyclic) bond motifs is 1. The minimum Gasteiger partial charge on any atom is -0.352 e. The normalized spacial score (nSPS) is 19.0. The second-order valence-electron chi connectivity index (χ2n) is 10.8. The first-order chi connectivity index (χ1) is 16.9. The fourth-order valence-corrected chi connectivity index (χ4v) is 5.52. The van der Waals surface area contributed by atoms with E-state index in [0.717, 1.165) is 23.0 Å². The Bertz CT molecular complexity index is 1210. The zero-order valence-electron chi connectivity index (χ0n) is 20.8. The Morgan fingerprint density at radius 3 is 2.43 bits per heavy atom. The second kappa shape index (κ2) is 9.82. The minimum atomic E-state index is -0.0914. The molecule has 5 heteroatoms. The molecule has 0 saturated carbocycles. The largest absolute Gasteiger partial charge is 0.352 e. The molecule has 2 amide bonds. The highest BCUT2D eigenvalue weighted by Gasteiger charge is 2.31. The number of likely N-dealkylation sites (tertiary alicyclic amines) is 1. The van der Waals surface area contributed by atoms with Crippen LogP contribution in [0.1, 0.15) is 49.0 Å². The maximum atomic E-state index is 12.8. The van der Waals surface area contributed by atoms with Crippen molar-refractivity contribution in [2.75, 3.05) is 37.6 Å². The number of nitrogens with zero attached hydrogens (tertiary/aromatic N) is 2. The summed E-state index contributed by atoms with van der Waals surface area (Å²) >= 11 is 0. The van der Waals surface area contributed by atoms with Crippen molar-refractivity contribution in [1.82, 2.24) is 10.2 Å². The zero-order valence-corrected chi connectivity index (χ0v) is 20.8. The van der Waals surface area contributed by atoms with Crippen LogP contribution in [-0.2, 0) is 10.2 Å². The van der Waals surface area contributed by atoms with Gasteiger partial charge in [0.1, 0.15) is 0 Å². The van der Waals surface area contributed by atoms with Gasteiger partial charge in [-0.1, -0.05) is 56.3 Å². The Morgan fingerprint density at radius 2 is 1.69 bits per heavy atom. The lowest BCUT2D eigenvalue weighted by Gasteiger charge is -2.31.